The van der Waals surface area contributed by atoms with E-state index >= 15 is 0 Å². The van der Waals surface area contributed by atoms with Crippen molar-refractivity contribution in [2.45, 2.75) is 217 Å². The number of ether oxygens (including phenoxy) is 2. The summed E-state index contributed by atoms with van der Waals surface area (Å²) in [5.41, 5.74) is 11.0. The first-order valence-corrected chi connectivity index (χ1v) is 22.8. The number of aliphatic hydroxyl groups is 3. The van der Waals surface area contributed by atoms with Crippen molar-refractivity contribution < 1.29 is 58.4 Å². The molecular weight excluding hydrogens is 807 g/mol. The van der Waals surface area contributed by atoms with E-state index in [1.165, 1.54) is 90.9 Å². The molecule has 1 saturated heterocycles. The van der Waals surface area contributed by atoms with Crippen molar-refractivity contribution in [2.75, 3.05) is 13.2 Å². The Balaban J connectivity index is 2.36. The Morgan fingerprint density at radius 3 is 1.71 bits per heavy atom. The lowest BCUT2D eigenvalue weighted by molar-refractivity contribution is -0.266. The standard InChI is InChI=1S/C43H79N7O12/c1-5-6-7-8-9-10-11-12-13-14-15-16-17-18-19-23-34(53)46-26-21-20-22-31(39(44)56)49-35(54)25-24-32(40(45)57)50-41(58)28(2)47-42(59)29(3)61-38-36(48-30(4)52)43(60)62-33(27-51)37(38)55/h28-29,31-33,36-38,43,51,55,60H,5-27H2,1-4H3,(H2,44,56)(H2,45,57)(H,46,53)(H,47,59)(H,48,52)(H,49,54)(H,50,58)/t28-,29+,31-,32+,33+,36+,37+,38+,43?/m0/s1. The van der Waals surface area contributed by atoms with Gasteiger partial charge in [-0.1, -0.05) is 96.8 Å². The Morgan fingerprint density at radius 1 is 0.661 bits per heavy atom. The maximum atomic E-state index is 12.9. The molecule has 1 fully saturated rings. The predicted octanol–water partition coefficient (Wildman–Crippen LogP) is 1.11. The third-order valence-electron chi connectivity index (χ3n) is 11.0. The van der Waals surface area contributed by atoms with Crippen molar-refractivity contribution in [3.8, 4) is 0 Å². The summed E-state index contributed by atoms with van der Waals surface area (Å²) < 4.78 is 10.8. The minimum Gasteiger partial charge on any atom is -0.394 e. The SMILES string of the molecule is CCCCCCCCCCCCCCCCCC(=O)NCCCC[C@H](NC(=O)CC[C@@H](NC(=O)[C@H](C)NC(=O)[C@@H](C)O[C@H]1[C@H](O)[C@@H](CO)OC(O)[C@@H]1NC(C)=O)C(N)=O)C(N)=O. The molecule has 19 heteroatoms. The van der Waals surface area contributed by atoms with Gasteiger partial charge >= 0.3 is 0 Å². The van der Waals surface area contributed by atoms with Gasteiger partial charge < -0.3 is 62.8 Å². The number of amides is 7. The summed E-state index contributed by atoms with van der Waals surface area (Å²) in [5, 5.41) is 43.0. The molecule has 7 amide bonds. The largest absolute Gasteiger partial charge is 0.394 e. The summed E-state index contributed by atoms with van der Waals surface area (Å²) in [6, 6.07) is -4.86. The van der Waals surface area contributed by atoms with Gasteiger partial charge in [-0.3, -0.25) is 33.6 Å². The van der Waals surface area contributed by atoms with Crippen LogP contribution in [0, 0.1) is 0 Å². The van der Waals surface area contributed by atoms with E-state index in [0.717, 1.165) is 26.2 Å². The fraction of sp³-hybridized carbons (Fsp3) is 0.837. The zero-order chi connectivity index (χ0) is 46.5. The summed E-state index contributed by atoms with van der Waals surface area (Å²) in [6.45, 7) is 5.73. The average molecular weight is 886 g/mol. The van der Waals surface area contributed by atoms with Crippen LogP contribution in [0.15, 0.2) is 0 Å². The van der Waals surface area contributed by atoms with Gasteiger partial charge in [0.25, 0.3) is 0 Å². The maximum absolute atomic E-state index is 12.9. The van der Waals surface area contributed by atoms with Gasteiger partial charge in [-0.2, -0.15) is 0 Å². The third-order valence-corrected chi connectivity index (χ3v) is 11.0. The lowest BCUT2D eigenvalue weighted by Crippen LogP contribution is -2.65. The number of unbranched alkanes of at least 4 members (excludes halogenated alkanes) is 15. The maximum Gasteiger partial charge on any atom is 0.249 e. The number of hydrogen-bond donors (Lipinski definition) is 10. The molecule has 0 aromatic carbocycles. The van der Waals surface area contributed by atoms with E-state index in [2.05, 4.69) is 33.5 Å². The Morgan fingerprint density at radius 2 is 1.19 bits per heavy atom. The fourth-order valence-corrected chi connectivity index (χ4v) is 7.18. The van der Waals surface area contributed by atoms with Gasteiger partial charge in [0.2, 0.25) is 41.4 Å². The van der Waals surface area contributed by atoms with E-state index in [0.29, 0.717) is 25.8 Å². The normalized spacial score (nSPS) is 20.5. The molecule has 1 unspecified atom stereocenters. The van der Waals surface area contributed by atoms with Crippen LogP contribution in [0.3, 0.4) is 0 Å². The second kappa shape index (κ2) is 32.7. The highest BCUT2D eigenvalue weighted by Crippen LogP contribution is 2.24. The van der Waals surface area contributed by atoms with Crippen LogP contribution in [0.25, 0.3) is 0 Å². The number of carbonyl (C=O) groups is 7. The molecule has 19 nitrogen and oxygen atoms in total. The van der Waals surface area contributed by atoms with Crippen LogP contribution < -0.4 is 38.1 Å². The van der Waals surface area contributed by atoms with Crippen LogP contribution in [0.4, 0.5) is 0 Å². The van der Waals surface area contributed by atoms with Gasteiger partial charge in [0.05, 0.1) is 6.61 Å². The molecule has 0 radical (unpaired) electrons. The quantitative estimate of drug-likeness (QED) is 0.0401. The Kier molecular flexibility index (Phi) is 29.6. The topological polar surface area (TPSA) is 311 Å². The van der Waals surface area contributed by atoms with Crippen LogP contribution in [0.5, 0.6) is 0 Å². The highest BCUT2D eigenvalue weighted by Gasteiger charge is 2.47. The van der Waals surface area contributed by atoms with Gasteiger partial charge in [0.15, 0.2) is 6.29 Å². The number of nitrogens with one attached hydrogen (secondary N) is 5. The van der Waals surface area contributed by atoms with Gasteiger partial charge in [-0.25, -0.2) is 0 Å². The van der Waals surface area contributed by atoms with E-state index in [1.807, 2.05) is 0 Å². The second-order valence-electron chi connectivity index (χ2n) is 16.5. The predicted molar refractivity (Wildman–Crippen MR) is 231 cm³/mol. The zero-order valence-electron chi connectivity index (χ0n) is 37.6. The van der Waals surface area contributed by atoms with Crippen molar-refractivity contribution in [2.24, 2.45) is 11.5 Å². The van der Waals surface area contributed by atoms with Crippen LogP contribution in [0.1, 0.15) is 163 Å². The Bertz CT molecular complexity index is 1360. The smallest absolute Gasteiger partial charge is 0.249 e. The number of nitrogens with two attached hydrogens (primary N) is 2. The van der Waals surface area contributed by atoms with Crippen molar-refractivity contribution in [1.82, 2.24) is 26.6 Å². The molecule has 12 N–H and O–H groups in total. The summed E-state index contributed by atoms with van der Waals surface area (Å²) in [6.07, 6.45) is 12.8. The lowest BCUT2D eigenvalue weighted by atomic mass is 9.96. The fourth-order valence-electron chi connectivity index (χ4n) is 7.18. The first-order valence-electron chi connectivity index (χ1n) is 22.8. The molecule has 0 spiro atoms. The molecule has 62 heavy (non-hydrogen) atoms. The molecule has 1 aliphatic heterocycles. The number of aliphatic hydroxyl groups excluding tert-OH is 3. The van der Waals surface area contributed by atoms with E-state index in [-0.39, 0.29) is 25.2 Å². The van der Waals surface area contributed by atoms with Crippen LogP contribution >= 0.6 is 0 Å². The average Bonchev–Trinajstić information content (AvgIpc) is 3.22. The van der Waals surface area contributed by atoms with Crippen LogP contribution in [0.2, 0.25) is 0 Å². The van der Waals surface area contributed by atoms with Crippen LogP contribution in [-0.4, -0.2) is 125 Å². The second-order valence-corrected chi connectivity index (χ2v) is 16.5. The van der Waals surface area contributed by atoms with Crippen LogP contribution in [-0.2, 0) is 43.0 Å². The van der Waals surface area contributed by atoms with Gasteiger partial charge in [0.1, 0.15) is 48.6 Å². The number of primary amides is 2. The zero-order valence-corrected chi connectivity index (χ0v) is 37.6. The molecule has 0 aliphatic carbocycles. The highest BCUT2D eigenvalue weighted by molar-refractivity contribution is 5.92. The molecule has 0 aromatic heterocycles. The van der Waals surface area contributed by atoms with Gasteiger partial charge in [-0.15, -0.1) is 0 Å². The van der Waals surface area contributed by atoms with Crippen molar-refractivity contribution in [1.29, 1.82) is 0 Å². The molecule has 0 bridgehead atoms. The minimum absolute atomic E-state index is 0.0146. The summed E-state index contributed by atoms with van der Waals surface area (Å²) >= 11 is 0. The van der Waals surface area contributed by atoms with E-state index in [1.54, 1.807) is 0 Å². The molecule has 1 rings (SSSR count). The number of hydrogen-bond acceptors (Lipinski definition) is 12. The summed E-state index contributed by atoms with van der Waals surface area (Å²) in [4.78, 5) is 86.7. The Hall–Kier alpha value is -3.91. The first-order chi connectivity index (χ1) is 29.5. The Labute approximate surface area is 367 Å². The number of carbonyl (C=O) groups excluding carboxylic acids is 7. The highest BCUT2D eigenvalue weighted by atomic mass is 16.6. The lowest BCUT2D eigenvalue weighted by Gasteiger charge is -2.43. The summed E-state index contributed by atoms with van der Waals surface area (Å²) in [5.74, 6) is -4.59. The van der Waals surface area contributed by atoms with Crippen molar-refractivity contribution in [3.63, 3.8) is 0 Å². The molecular formula is C43H79N7O12. The van der Waals surface area contributed by atoms with Gasteiger partial charge in [0, 0.05) is 26.3 Å². The summed E-state index contributed by atoms with van der Waals surface area (Å²) in [7, 11) is 0. The number of rotatable bonds is 35. The van der Waals surface area contributed by atoms with E-state index in [4.69, 9.17) is 20.9 Å². The van der Waals surface area contributed by atoms with Crippen molar-refractivity contribution in [3.05, 3.63) is 0 Å². The minimum atomic E-state index is -1.68. The molecule has 1 heterocycles. The first kappa shape index (κ1) is 56.1. The molecule has 9 atom stereocenters. The molecule has 1 aliphatic rings. The van der Waals surface area contributed by atoms with Crippen molar-refractivity contribution >= 4 is 41.4 Å². The molecule has 358 valence electrons. The molecule has 0 aromatic rings. The third kappa shape index (κ3) is 24.1. The molecule has 0 saturated carbocycles. The monoisotopic (exact) mass is 886 g/mol. The van der Waals surface area contributed by atoms with E-state index in [9.17, 15) is 48.9 Å². The van der Waals surface area contributed by atoms with Gasteiger partial charge in [-0.05, 0) is 46.0 Å². The van der Waals surface area contributed by atoms with E-state index < -0.39 is 96.9 Å².